The van der Waals surface area contributed by atoms with Gasteiger partial charge in [-0.3, -0.25) is 19.3 Å². The smallest absolute Gasteiger partial charge is 0.321 e. The lowest BCUT2D eigenvalue weighted by Crippen LogP contribution is -2.38. The minimum absolute atomic E-state index is 0.0349. The Morgan fingerprint density at radius 3 is 2.52 bits per heavy atom. The van der Waals surface area contributed by atoms with Crippen LogP contribution in [-0.4, -0.2) is 43.9 Å². The summed E-state index contributed by atoms with van der Waals surface area (Å²) in [7, 11) is 1.43. The standard InChI is InChI=1S/C21H20N6O3S/c1-3-13-8-10-14(11-9-13)26-18(29)15-6-4-5-7-16(15)27-20(26)24-25-21(27)31-12-17(28)23-19(30)22-2/h4-11H,3,12H2,1-2H3,(H2,22,23,28,30). The highest BCUT2D eigenvalue weighted by Gasteiger charge is 2.19. The minimum Gasteiger partial charge on any atom is -0.341 e. The topological polar surface area (TPSA) is 110 Å². The molecule has 0 unspecified atom stereocenters. The molecule has 0 aliphatic rings. The van der Waals surface area contributed by atoms with Crippen LogP contribution in [0.3, 0.4) is 0 Å². The number of para-hydroxylation sites is 1. The molecule has 0 aliphatic carbocycles. The molecule has 0 fully saturated rings. The van der Waals surface area contributed by atoms with E-state index in [4.69, 9.17) is 0 Å². The van der Waals surface area contributed by atoms with Crippen LogP contribution in [0.4, 0.5) is 4.79 Å². The Kier molecular flexibility index (Phi) is 5.72. The summed E-state index contributed by atoms with van der Waals surface area (Å²) in [6, 6.07) is 14.3. The van der Waals surface area contributed by atoms with Gasteiger partial charge in [-0.05, 0) is 36.2 Å². The predicted octanol–water partition coefficient (Wildman–Crippen LogP) is 2.14. The number of amides is 3. The molecule has 31 heavy (non-hydrogen) atoms. The van der Waals surface area contributed by atoms with Gasteiger partial charge in [-0.2, -0.15) is 0 Å². The molecule has 10 heteroatoms. The molecule has 2 aromatic heterocycles. The first-order chi connectivity index (χ1) is 15.0. The minimum atomic E-state index is -0.577. The van der Waals surface area contributed by atoms with Crippen molar-refractivity contribution in [2.24, 2.45) is 0 Å². The van der Waals surface area contributed by atoms with Gasteiger partial charge in [0, 0.05) is 7.05 Å². The molecule has 3 amide bonds. The highest BCUT2D eigenvalue weighted by molar-refractivity contribution is 7.99. The molecule has 0 saturated heterocycles. The maximum absolute atomic E-state index is 13.3. The first-order valence-corrected chi connectivity index (χ1v) is 10.6. The molecule has 2 N–H and O–H groups in total. The summed E-state index contributed by atoms with van der Waals surface area (Å²) in [5.41, 5.74) is 2.28. The maximum atomic E-state index is 13.3. The fraction of sp³-hybridized carbons (Fsp3) is 0.190. The molecule has 4 aromatic rings. The molecular weight excluding hydrogens is 416 g/mol. The van der Waals surface area contributed by atoms with E-state index in [1.54, 1.807) is 16.5 Å². The van der Waals surface area contributed by atoms with Gasteiger partial charge in [0.15, 0.2) is 5.16 Å². The Balaban J connectivity index is 1.84. The van der Waals surface area contributed by atoms with Crippen LogP contribution in [0.1, 0.15) is 12.5 Å². The van der Waals surface area contributed by atoms with E-state index in [-0.39, 0.29) is 11.3 Å². The molecule has 9 nitrogen and oxygen atoms in total. The van der Waals surface area contributed by atoms with Crippen molar-refractivity contribution in [1.29, 1.82) is 0 Å². The number of nitrogens with zero attached hydrogens (tertiary/aromatic N) is 4. The number of urea groups is 1. The van der Waals surface area contributed by atoms with Gasteiger partial charge in [0.25, 0.3) is 5.56 Å². The zero-order chi connectivity index (χ0) is 22.0. The van der Waals surface area contributed by atoms with Crippen molar-refractivity contribution >= 4 is 40.4 Å². The second kappa shape index (κ2) is 8.60. The molecule has 0 bridgehead atoms. The number of aromatic nitrogens is 4. The highest BCUT2D eigenvalue weighted by atomic mass is 32.2. The van der Waals surface area contributed by atoms with Crippen LogP contribution in [0.5, 0.6) is 0 Å². The third-order valence-corrected chi connectivity index (χ3v) is 5.74. The van der Waals surface area contributed by atoms with Crippen molar-refractivity contribution in [3.63, 3.8) is 0 Å². The van der Waals surface area contributed by atoms with Gasteiger partial charge in [0.05, 0.1) is 22.3 Å². The van der Waals surface area contributed by atoms with E-state index in [1.165, 1.54) is 11.6 Å². The quantitative estimate of drug-likeness (QED) is 0.464. The molecule has 4 rings (SSSR count). The lowest BCUT2D eigenvalue weighted by atomic mass is 10.1. The number of nitrogens with one attached hydrogen (secondary N) is 2. The van der Waals surface area contributed by atoms with Gasteiger partial charge in [-0.25, -0.2) is 9.36 Å². The van der Waals surface area contributed by atoms with Crippen molar-refractivity contribution in [1.82, 2.24) is 29.8 Å². The summed E-state index contributed by atoms with van der Waals surface area (Å²) in [6.07, 6.45) is 0.895. The fourth-order valence-corrected chi connectivity index (χ4v) is 3.98. The second-order valence-electron chi connectivity index (χ2n) is 6.71. The molecule has 0 spiro atoms. The van der Waals surface area contributed by atoms with E-state index >= 15 is 0 Å². The summed E-state index contributed by atoms with van der Waals surface area (Å²) in [5, 5.41) is 14.0. The Labute approximate surface area is 181 Å². The summed E-state index contributed by atoms with van der Waals surface area (Å²) in [4.78, 5) is 36.6. The third kappa shape index (κ3) is 3.89. The zero-order valence-corrected chi connectivity index (χ0v) is 17.8. The van der Waals surface area contributed by atoms with Crippen molar-refractivity contribution in [3.05, 3.63) is 64.4 Å². The van der Waals surface area contributed by atoms with E-state index in [0.29, 0.717) is 27.5 Å². The average molecular weight is 436 g/mol. The van der Waals surface area contributed by atoms with Crippen LogP contribution < -0.4 is 16.2 Å². The van der Waals surface area contributed by atoms with Crippen LogP contribution in [0.25, 0.3) is 22.4 Å². The lowest BCUT2D eigenvalue weighted by molar-refractivity contribution is -0.117. The van der Waals surface area contributed by atoms with E-state index in [0.717, 1.165) is 23.7 Å². The number of hydrogen-bond acceptors (Lipinski definition) is 6. The van der Waals surface area contributed by atoms with Gasteiger partial charge in [-0.15, -0.1) is 10.2 Å². The average Bonchev–Trinajstić information content (AvgIpc) is 3.22. The number of aryl methyl sites for hydroxylation is 1. The summed E-state index contributed by atoms with van der Waals surface area (Å²) < 4.78 is 3.27. The molecule has 0 atom stereocenters. The second-order valence-corrected chi connectivity index (χ2v) is 7.65. The molecule has 158 valence electrons. The first kappa shape index (κ1) is 20.6. The molecule has 2 heterocycles. The normalized spacial score (nSPS) is 11.0. The number of fused-ring (bicyclic) bond motifs is 3. The fourth-order valence-electron chi connectivity index (χ4n) is 3.24. The Morgan fingerprint density at radius 2 is 1.81 bits per heavy atom. The number of hydrogen-bond donors (Lipinski definition) is 2. The number of benzene rings is 2. The Morgan fingerprint density at radius 1 is 1.06 bits per heavy atom. The van der Waals surface area contributed by atoms with E-state index in [2.05, 4.69) is 27.8 Å². The van der Waals surface area contributed by atoms with Gasteiger partial charge < -0.3 is 5.32 Å². The first-order valence-electron chi connectivity index (χ1n) is 9.66. The van der Waals surface area contributed by atoms with Gasteiger partial charge in [-0.1, -0.05) is 43.0 Å². The SMILES string of the molecule is CCc1ccc(-n2c(=O)c3ccccc3n3c(SCC(=O)NC(=O)NC)nnc23)cc1. The monoisotopic (exact) mass is 436 g/mol. The molecule has 0 radical (unpaired) electrons. The van der Waals surface area contributed by atoms with E-state index in [9.17, 15) is 14.4 Å². The third-order valence-electron chi connectivity index (χ3n) is 4.81. The Hall–Kier alpha value is -3.66. The molecular formula is C21H20N6O3S. The number of carbonyl (C=O) groups excluding carboxylic acids is 2. The van der Waals surface area contributed by atoms with E-state index < -0.39 is 11.9 Å². The highest BCUT2D eigenvalue weighted by Crippen LogP contribution is 2.23. The van der Waals surface area contributed by atoms with Crippen LogP contribution in [-0.2, 0) is 11.2 Å². The van der Waals surface area contributed by atoms with Crippen molar-refractivity contribution in [3.8, 4) is 5.69 Å². The number of rotatable bonds is 5. The summed E-state index contributed by atoms with van der Waals surface area (Å²) >= 11 is 1.13. The lowest BCUT2D eigenvalue weighted by Gasteiger charge is -2.11. The largest absolute Gasteiger partial charge is 0.341 e. The van der Waals surface area contributed by atoms with Crippen LogP contribution >= 0.6 is 11.8 Å². The van der Waals surface area contributed by atoms with Crippen molar-refractivity contribution in [2.45, 2.75) is 18.5 Å². The maximum Gasteiger partial charge on any atom is 0.321 e. The van der Waals surface area contributed by atoms with Gasteiger partial charge in [0.2, 0.25) is 11.7 Å². The Bertz CT molecular complexity index is 1340. The van der Waals surface area contributed by atoms with Crippen molar-refractivity contribution < 1.29 is 9.59 Å². The predicted molar refractivity (Wildman–Crippen MR) is 119 cm³/mol. The van der Waals surface area contributed by atoms with Gasteiger partial charge in [0.1, 0.15) is 0 Å². The van der Waals surface area contributed by atoms with Crippen molar-refractivity contribution in [2.75, 3.05) is 12.8 Å². The number of carbonyl (C=O) groups is 2. The van der Waals surface area contributed by atoms with Gasteiger partial charge >= 0.3 is 6.03 Å². The molecule has 2 aromatic carbocycles. The molecule has 0 aliphatic heterocycles. The van der Waals surface area contributed by atoms with Crippen LogP contribution in [0, 0.1) is 0 Å². The summed E-state index contributed by atoms with van der Waals surface area (Å²) in [6.45, 7) is 2.07. The van der Waals surface area contributed by atoms with Crippen LogP contribution in [0.2, 0.25) is 0 Å². The molecule has 0 saturated carbocycles. The van der Waals surface area contributed by atoms with E-state index in [1.807, 2.05) is 36.4 Å². The number of thioether (sulfide) groups is 1. The number of imide groups is 1. The summed E-state index contributed by atoms with van der Waals surface area (Å²) in [5.74, 6) is -0.150. The van der Waals surface area contributed by atoms with Crippen LogP contribution in [0.15, 0.2) is 58.5 Å². The zero-order valence-electron chi connectivity index (χ0n) is 17.0.